The molecule has 0 spiro atoms. The molecule has 2 nitrogen and oxygen atoms in total. The Hall–Kier alpha value is -1.07. The fraction of sp³-hybridized carbons (Fsp3) is 0.500. The van der Waals surface area contributed by atoms with E-state index in [-0.39, 0.29) is 6.54 Å². The van der Waals surface area contributed by atoms with Crippen molar-refractivity contribution in [3.05, 3.63) is 35.4 Å². The first-order chi connectivity index (χ1) is 8.04. The molecule has 2 rings (SSSR count). The summed E-state index contributed by atoms with van der Waals surface area (Å²) in [5.41, 5.74) is 4.53. The van der Waals surface area contributed by atoms with Gasteiger partial charge >= 0.3 is 6.18 Å². The van der Waals surface area contributed by atoms with Gasteiger partial charge in [-0.2, -0.15) is 18.7 Å². The summed E-state index contributed by atoms with van der Waals surface area (Å²) >= 11 is 0. The van der Waals surface area contributed by atoms with Gasteiger partial charge in [0.2, 0.25) is 0 Å². The van der Waals surface area contributed by atoms with Gasteiger partial charge in [-0.25, -0.2) is 0 Å². The van der Waals surface area contributed by atoms with E-state index >= 15 is 0 Å². The highest BCUT2D eigenvalue weighted by Crippen LogP contribution is 2.39. The smallest absolute Gasteiger partial charge is 0.292 e. The van der Waals surface area contributed by atoms with Crippen LogP contribution in [0.5, 0.6) is 0 Å². The number of benzene rings is 1. The number of halogens is 3. The molecule has 94 valence electrons. The molecule has 1 aliphatic carbocycles. The van der Waals surface area contributed by atoms with E-state index in [9.17, 15) is 13.2 Å². The second-order valence-corrected chi connectivity index (χ2v) is 4.24. The largest absolute Gasteiger partial charge is 0.413 e. The molecular weight excluding hydrogens is 231 g/mol. The summed E-state index contributed by atoms with van der Waals surface area (Å²) in [7, 11) is 0. The molecule has 0 saturated heterocycles. The molecule has 0 heterocycles. The quantitative estimate of drug-likeness (QED) is 0.635. The maximum atomic E-state index is 11.8. The van der Waals surface area contributed by atoms with Crippen molar-refractivity contribution in [2.24, 2.45) is 0 Å². The number of hydrogen-bond donors (Lipinski definition) is 1. The van der Waals surface area contributed by atoms with Crippen LogP contribution in [0.1, 0.15) is 29.9 Å². The predicted octanol–water partition coefficient (Wildman–Crippen LogP) is 3.15. The van der Waals surface area contributed by atoms with Gasteiger partial charge in [0.05, 0.1) is 0 Å². The zero-order chi connectivity index (χ0) is 12.3. The summed E-state index contributed by atoms with van der Waals surface area (Å²) in [6.45, 7) is -0.992. The van der Waals surface area contributed by atoms with Crippen molar-refractivity contribution < 1.29 is 18.0 Å². The summed E-state index contributed by atoms with van der Waals surface area (Å²) in [4.78, 5) is 4.32. The zero-order valence-electron chi connectivity index (χ0n) is 9.26. The van der Waals surface area contributed by atoms with Crippen molar-refractivity contribution in [3.8, 4) is 0 Å². The first-order valence-corrected chi connectivity index (χ1v) is 5.55. The van der Waals surface area contributed by atoms with Crippen LogP contribution in [-0.2, 0) is 11.4 Å². The lowest BCUT2D eigenvalue weighted by Gasteiger charge is -2.08. The lowest BCUT2D eigenvalue weighted by molar-refractivity contribution is -0.190. The molecule has 5 heteroatoms. The number of alkyl halides is 3. The minimum Gasteiger partial charge on any atom is -0.292 e. The summed E-state index contributed by atoms with van der Waals surface area (Å²) < 4.78 is 35.3. The molecular formula is C12H14F3NO. The molecule has 1 fully saturated rings. The fourth-order valence-corrected chi connectivity index (χ4v) is 1.59. The number of hydrogen-bond acceptors (Lipinski definition) is 2. The van der Waals surface area contributed by atoms with Crippen LogP contribution in [0.25, 0.3) is 0 Å². The van der Waals surface area contributed by atoms with Crippen LogP contribution in [-0.4, -0.2) is 12.8 Å². The van der Waals surface area contributed by atoms with Crippen LogP contribution in [0.15, 0.2) is 24.3 Å². The van der Waals surface area contributed by atoms with Gasteiger partial charge in [-0.15, -0.1) is 0 Å². The summed E-state index contributed by atoms with van der Waals surface area (Å²) in [5, 5.41) is 0. The monoisotopic (exact) mass is 245 g/mol. The summed E-state index contributed by atoms with van der Waals surface area (Å²) in [5.74, 6) is 0.693. The molecule has 17 heavy (non-hydrogen) atoms. The minimum absolute atomic E-state index is 0.279. The van der Waals surface area contributed by atoms with Crippen molar-refractivity contribution in [1.29, 1.82) is 0 Å². The Morgan fingerprint density at radius 2 is 1.82 bits per heavy atom. The van der Waals surface area contributed by atoms with Crippen LogP contribution in [0.2, 0.25) is 0 Å². The van der Waals surface area contributed by atoms with E-state index in [1.165, 1.54) is 18.4 Å². The molecule has 1 aromatic carbocycles. The van der Waals surface area contributed by atoms with Gasteiger partial charge in [0.15, 0.2) is 6.61 Å². The van der Waals surface area contributed by atoms with Crippen molar-refractivity contribution in [2.45, 2.75) is 31.5 Å². The molecule has 0 radical (unpaired) electrons. The Balaban J connectivity index is 1.71. The highest BCUT2D eigenvalue weighted by Gasteiger charge is 2.27. The predicted molar refractivity (Wildman–Crippen MR) is 57.3 cm³/mol. The van der Waals surface area contributed by atoms with Crippen molar-refractivity contribution in [2.75, 3.05) is 6.61 Å². The number of nitrogens with one attached hydrogen (secondary N) is 1. The van der Waals surface area contributed by atoms with Gasteiger partial charge in [0.1, 0.15) is 0 Å². The van der Waals surface area contributed by atoms with Gasteiger partial charge in [-0.3, -0.25) is 4.84 Å². The lowest BCUT2D eigenvalue weighted by atomic mass is 10.1. The highest BCUT2D eigenvalue weighted by atomic mass is 19.4. The Labute approximate surface area is 97.7 Å². The van der Waals surface area contributed by atoms with Gasteiger partial charge < -0.3 is 0 Å². The van der Waals surface area contributed by atoms with Gasteiger partial charge in [0.25, 0.3) is 0 Å². The molecule has 0 aromatic heterocycles. The van der Waals surface area contributed by atoms with E-state index in [1.807, 2.05) is 24.3 Å². The zero-order valence-corrected chi connectivity index (χ0v) is 9.26. The Morgan fingerprint density at radius 1 is 1.18 bits per heavy atom. The Bertz CT molecular complexity index is 357. The average Bonchev–Trinajstić information content (AvgIpc) is 3.08. The third kappa shape index (κ3) is 4.36. The topological polar surface area (TPSA) is 21.3 Å². The third-order valence-corrected chi connectivity index (χ3v) is 2.64. The molecule has 1 saturated carbocycles. The summed E-state index contributed by atoms with van der Waals surface area (Å²) in [6.07, 6.45) is -1.80. The van der Waals surface area contributed by atoms with E-state index < -0.39 is 12.8 Å². The number of rotatable bonds is 5. The Kier molecular flexibility index (Phi) is 3.69. The lowest BCUT2D eigenvalue weighted by Crippen LogP contribution is -2.24. The first-order valence-electron chi connectivity index (χ1n) is 5.55. The van der Waals surface area contributed by atoms with Gasteiger partial charge in [0, 0.05) is 6.54 Å². The van der Waals surface area contributed by atoms with Crippen molar-refractivity contribution in [3.63, 3.8) is 0 Å². The number of hydroxylamine groups is 1. The van der Waals surface area contributed by atoms with Crippen molar-refractivity contribution >= 4 is 0 Å². The van der Waals surface area contributed by atoms with E-state index in [2.05, 4.69) is 10.3 Å². The second-order valence-electron chi connectivity index (χ2n) is 4.24. The van der Waals surface area contributed by atoms with Crippen LogP contribution >= 0.6 is 0 Å². The fourth-order valence-electron chi connectivity index (χ4n) is 1.59. The summed E-state index contributed by atoms with van der Waals surface area (Å²) in [6, 6.07) is 7.88. The molecule has 0 bridgehead atoms. The molecule has 0 unspecified atom stereocenters. The van der Waals surface area contributed by atoms with Crippen LogP contribution in [0.4, 0.5) is 13.2 Å². The van der Waals surface area contributed by atoms with Gasteiger partial charge in [-0.05, 0) is 29.9 Å². The van der Waals surface area contributed by atoms with E-state index in [0.29, 0.717) is 5.92 Å². The maximum absolute atomic E-state index is 11.8. The molecule has 0 aliphatic heterocycles. The molecule has 1 aromatic rings. The third-order valence-electron chi connectivity index (χ3n) is 2.64. The molecule has 1 N–H and O–H groups in total. The molecule has 1 aliphatic rings. The van der Waals surface area contributed by atoms with Crippen LogP contribution in [0, 0.1) is 0 Å². The highest BCUT2D eigenvalue weighted by molar-refractivity contribution is 5.27. The maximum Gasteiger partial charge on any atom is 0.413 e. The minimum atomic E-state index is -4.29. The van der Waals surface area contributed by atoms with E-state index in [4.69, 9.17) is 0 Å². The van der Waals surface area contributed by atoms with E-state index in [0.717, 1.165) is 5.56 Å². The standard InChI is InChI=1S/C12H14F3NO/c13-12(14,15)8-17-16-7-9-1-3-10(4-2-9)11-5-6-11/h1-4,11,16H,5-8H2. The normalized spacial score (nSPS) is 16.2. The van der Waals surface area contributed by atoms with Crippen molar-refractivity contribution in [1.82, 2.24) is 5.48 Å². The second kappa shape index (κ2) is 5.06. The SMILES string of the molecule is FC(F)(F)CONCc1ccc(C2CC2)cc1. The average molecular weight is 245 g/mol. The molecule has 0 atom stereocenters. The molecule has 0 amide bonds. The first kappa shape index (κ1) is 12.4. The van der Waals surface area contributed by atoms with Gasteiger partial charge in [-0.1, -0.05) is 24.3 Å². The van der Waals surface area contributed by atoms with Crippen LogP contribution in [0.3, 0.4) is 0 Å². The Morgan fingerprint density at radius 3 is 2.35 bits per heavy atom. The van der Waals surface area contributed by atoms with E-state index in [1.54, 1.807) is 0 Å². The van der Waals surface area contributed by atoms with Crippen LogP contribution < -0.4 is 5.48 Å².